The number of aromatic amines is 1. The van der Waals surface area contributed by atoms with Gasteiger partial charge in [-0.15, -0.1) is 0 Å². The van der Waals surface area contributed by atoms with E-state index < -0.39 is 0 Å². The molecular formula is C13H15N3O. The summed E-state index contributed by atoms with van der Waals surface area (Å²) in [7, 11) is 0. The van der Waals surface area contributed by atoms with Gasteiger partial charge in [-0.3, -0.25) is 0 Å². The van der Waals surface area contributed by atoms with Crippen LogP contribution in [0.5, 0.6) is 0 Å². The third kappa shape index (κ3) is 2.63. The van der Waals surface area contributed by atoms with Crippen LogP contribution >= 0.6 is 0 Å². The Hall–Kier alpha value is -1.86. The normalized spacial score (nSPS) is 10.6. The quantitative estimate of drug-likeness (QED) is 0.801. The Morgan fingerprint density at radius 3 is 3.12 bits per heavy atom. The molecule has 4 heteroatoms. The molecule has 17 heavy (non-hydrogen) atoms. The fourth-order valence-electron chi connectivity index (χ4n) is 1.78. The van der Waals surface area contributed by atoms with E-state index in [4.69, 9.17) is 10.00 Å². The number of aryl methyl sites for hydroxylation is 1. The summed E-state index contributed by atoms with van der Waals surface area (Å²) in [6.45, 7) is 3.48. The molecule has 0 bridgehead atoms. The number of hydrogen-bond acceptors (Lipinski definition) is 3. The van der Waals surface area contributed by atoms with Gasteiger partial charge in [0, 0.05) is 19.6 Å². The number of rotatable bonds is 5. The van der Waals surface area contributed by atoms with Crippen LogP contribution in [-0.4, -0.2) is 23.2 Å². The van der Waals surface area contributed by atoms with Gasteiger partial charge in [-0.05, 0) is 25.5 Å². The van der Waals surface area contributed by atoms with Crippen LogP contribution in [0.15, 0.2) is 18.2 Å². The number of ether oxygens (including phenoxy) is 1. The summed E-state index contributed by atoms with van der Waals surface area (Å²) >= 11 is 0. The van der Waals surface area contributed by atoms with Crippen molar-refractivity contribution in [1.82, 2.24) is 9.97 Å². The second kappa shape index (κ2) is 5.46. The van der Waals surface area contributed by atoms with Crippen LogP contribution in [-0.2, 0) is 11.2 Å². The van der Waals surface area contributed by atoms with E-state index in [9.17, 15) is 0 Å². The third-order valence-electron chi connectivity index (χ3n) is 2.59. The molecule has 0 fully saturated rings. The van der Waals surface area contributed by atoms with Gasteiger partial charge in [0.15, 0.2) is 0 Å². The van der Waals surface area contributed by atoms with Crippen molar-refractivity contribution >= 4 is 11.0 Å². The number of nitriles is 1. The molecule has 0 radical (unpaired) electrons. The molecule has 0 aliphatic rings. The minimum Gasteiger partial charge on any atom is -0.382 e. The molecule has 0 amide bonds. The molecule has 0 spiro atoms. The Morgan fingerprint density at radius 1 is 1.47 bits per heavy atom. The van der Waals surface area contributed by atoms with Gasteiger partial charge in [-0.1, -0.05) is 6.07 Å². The molecule has 0 atom stereocenters. The molecule has 2 aromatic rings. The van der Waals surface area contributed by atoms with Crippen molar-refractivity contribution in [2.24, 2.45) is 0 Å². The molecule has 0 saturated carbocycles. The highest BCUT2D eigenvalue weighted by atomic mass is 16.5. The summed E-state index contributed by atoms with van der Waals surface area (Å²) in [6.07, 6.45) is 1.79. The lowest BCUT2D eigenvalue weighted by atomic mass is 10.2. The molecule has 0 aliphatic heterocycles. The van der Waals surface area contributed by atoms with Crippen molar-refractivity contribution in [1.29, 1.82) is 5.26 Å². The van der Waals surface area contributed by atoms with Gasteiger partial charge < -0.3 is 9.72 Å². The molecule has 88 valence electrons. The molecule has 0 unspecified atom stereocenters. The topological polar surface area (TPSA) is 61.7 Å². The Labute approximate surface area is 100 Å². The lowest BCUT2D eigenvalue weighted by molar-refractivity contribution is 0.145. The lowest BCUT2D eigenvalue weighted by Gasteiger charge is -1.98. The standard InChI is InChI=1S/C13H15N3O/c1-2-17-8-4-7-12-15-11-6-3-5-10(9-14)13(11)16-12/h3,5-6H,2,4,7-8H2,1H3,(H,15,16). The Morgan fingerprint density at radius 2 is 2.35 bits per heavy atom. The average Bonchev–Trinajstić information content (AvgIpc) is 2.77. The summed E-state index contributed by atoms with van der Waals surface area (Å²) in [5.74, 6) is 0.919. The fourth-order valence-corrected chi connectivity index (χ4v) is 1.78. The highest BCUT2D eigenvalue weighted by molar-refractivity contribution is 5.81. The zero-order chi connectivity index (χ0) is 12.1. The van der Waals surface area contributed by atoms with Crippen LogP contribution in [0.25, 0.3) is 11.0 Å². The Balaban J connectivity index is 2.12. The van der Waals surface area contributed by atoms with Crippen LogP contribution in [0, 0.1) is 11.3 Å². The van der Waals surface area contributed by atoms with Gasteiger partial charge in [0.1, 0.15) is 17.4 Å². The molecule has 1 N–H and O–H groups in total. The van der Waals surface area contributed by atoms with Gasteiger partial charge in [0.25, 0.3) is 0 Å². The minimum atomic E-state index is 0.620. The fraction of sp³-hybridized carbons (Fsp3) is 0.385. The van der Waals surface area contributed by atoms with Crippen LogP contribution in [0.2, 0.25) is 0 Å². The van der Waals surface area contributed by atoms with Crippen LogP contribution in [0.3, 0.4) is 0 Å². The number of fused-ring (bicyclic) bond motifs is 1. The molecule has 0 aliphatic carbocycles. The van der Waals surface area contributed by atoms with Crippen molar-refractivity contribution in [2.75, 3.05) is 13.2 Å². The van der Waals surface area contributed by atoms with Crippen molar-refractivity contribution in [3.05, 3.63) is 29.6 Å². The van der Waals surface area contributed by atoms with Gasteiger partial charge in [0.2, 0.25) is 0 Å². The number of H-pyrrole nitrogens is 1. The number of imidazole rings is 1. The number of nitrogens with zero attached hydrogens (tertiary/aromatic N) is 2. The van der Waals surface area contributed by atoms with Crippen LogP contribution < -0.4 is 0 Å². The predicted molar refractivity (Wildman–Crippen MR) is 65.6 cm³/mol. The molecule has 1 aromatic heterocycles. The first kappa shape index (κ1) is 11.6. The van der Waals surface area contributed by atoms with E-state index in [1.54, 1.807) is 6.07 Å². The number of para-hydroxylation sites is 1. The number of hydrogen-bond donors (Lipinski definition) is 1. The molecule has 2 rings (SSSR count). The largest absolute Gasteiger partial charge is 0.382 e. The molecule has 1 heterocycles. The number of benzene rings is 1. The maximum Gasteiger partial charge on any atom is 0.107 e. The van der Waals surface area contributed by atoms with E-state index in [2.05, 4.69) is 16.0 Å². The summed E-state index contributed by atoms with van der Waals surface area (Å²) in [6, 6.07) is 7.74. The summed E-state index contributed by atoms with van der Waals surface area (Å²) in [5, 5.41) is 8.97. The first-order valence-corrected chi connectivity index (χ1v) is 5.80. The van der Waals surface area contributed by atoms with Crippen molar-refractivity contribution in [3.63, 3.8) is 0 Å². The zero-order valence-corrected chi connectivity index (χ0v) is 9.86. The molecular weight excluding hydrogens is 214 g/mol. The Kier molecular flexibility index (Phi) is 3.73. The zero-order valence-electron chi connectivity index (χ0n) is 9.86. The highest BCUT2D eigenvalue weighted by Gasteiger charge is 2.06. The van der Waals surface area contributed by atoms with Crippen molar-refractivity contribution in [3.8, 4) is 6.07 Å². The maximum atomic E-state index is 8.97. The number of aromatic nitrogens is 2. The van der Waals surface area contributed by atoms with E-state index in [1.165, 1.54) is 0 Å². The summed E-state index contributed by atoms with van der Waals surface area (Å²) in [5.41, 5.74) is 2.31. The van der Waals surface area contributed by atoms with Crippen LogP contribution in [0.1, 0.15) is 24.7 Å². The second-order valence-electron chi connectivity index (χ2n) is 3.80. The van der Waals surface area contributed by atoms with E-state index in [0.29, 0.717) is 5.56 Å². The summed E-state index contributed by atoms with van der Waals surface area (Å²) < 4.78 is 5.28. The van der Waals surface area contributed by atoms with E-state index in [1.807, 2.05) is 19.1 Å². The maximum absolute atomic E-state index is 8.97. The average molecular weight is 229 g/mol. The van der Waals surface area contributed by atoms with Gasteiger partial charge >= 0.3 is 0 Å². The van der Waals surface area contributed by atoms with Gasteiger partial charge in [-0.2, -0.15) is 5.26 Å². The van der Waals surface area contributed by atoms with Crippen molar-refractivity contribution in [2.45, 2.75) is 19.8 Å². The predicted octanol–water partition coefficient (Wildman–Crippen LogP) is 2.40. The lowest BCUT2D eigenvalue weighted by Crippen LogP contribution is -1.97. The number of nitrogens with one attached hydrogen (secondary N) is 1. The van der Waals surface area contributed by atoms with Crippen molar-refractivity contribution < 1.29 is 4.74 Å². The summed E-state index contributed by atoms with van der Waals surface area (Å²) in [4.78, 5) is 7.68. The minimum absolute atomic E-state index is 0.620. The van der Waals surface area contributed by atoms with E-state index in [-0.39, 0.29) is 0 Å². The smallest absolute Gasteiger partial charge is 0.107 e. The first-order valence-electron chi connectivity index (χ1n) is 5.80. The van der Waals surface area contributed by atoms with Crippen LogP contribution in [0.4, 0.5) is 0 Å². The van der Waals surface area contributed by atoms with E-state index in [0.717, 1.165) is 42.9 Å². The third-order valence-corrected chi connectivity index (χ3v) is 2.59. The van der Waals surface area contributed by atoms with Gasteiger partial charge in [0.05, 0.1) is 11.1 Å². The highest BCUT2D eigenvalue weighted by Crippen LogP contribution is 2.16. The molecule has 0 saturated heterocycles. The monoisotopic (exact) mass is 229 g/mol. The molecule has 1 aromatic carbocycles. The SMILES string of the molecule is CCOCCCc1nc2c(C#N)cccc2[nH]1. The van der Waals surface area contributed by atoms with E-state index >= 15 is 0 Å². The molecule has 4 nitrogen and oxygen atoms in total. The first-order chi connectivity index (χ1) is 8.35. The second-order valence-corrected chi connectivity index (χ2v) is 3.80. The van der Waals surface area contributed by atoms with Gasteiger partial charge in [-0.25, -0.2) is 4.98 Å². The Bertz CT molecular complexity index is 539.